The van der Waals surface area contributed by atoms with Crippen molar-refractivity contribution in [2.75, 3.05) is 0 Å². The quantitative estimate of drug-likeness (QED) is 0.838. The second-order valence-corrected chi connectivity index (χ2v) is 6.93. The van der Waals surface area contributed by atoms with Crippen LogP contribution < -0.4 is 4.72 Å². The van der Waals surface area contributed by atoms with Crippen LogP contribution in [-0.4, -0.2) is 19.6 Å². The Labute approximate surface area is 130 Å². The normalized spacial score (nSPS) is 20.5. The summed E-state index contributed by atoms with van der Waals surface area (Å²) in [4.78, 5) is -1.01. The highest BCUT2D eigenvalue weighted by atomic mass is 32.2. The lowest BCUT2D eigenvalue weighted by Crippen LogP contribution is -2.34. The zero-order valence-corrected chi connectivity index (χ0v) is 12.4. The average molecular weight is 343 g/mol. The Bertz CT molecular complexity index is 870. The zero-order chi connectivity index (χ0) is 16.8. The lowest BCUT2D eigenvalue weighted by atomic mass is 10.1. The Morgan fingerprint density at radius 3 is 2.48 bits per heavy atom. The Hall–Kier alpha value is -1.90. The van der Waals surface area contributed by atoms with E-state index in [-0.39, 0.29) is 6.42 Å². The van der Waals surface area contributed by atoms with Crippen LogP contribution in [-0.2, 0) is 16.4 Å². The third kappa shape index (κ3) is 2.73. The van der Waals surface area contributed by atoms with Gasteiger partial charge in [0.25, 0.3) is 0 Å². The Morgan fingerprint density at radius 1 is 1.04 bits per heavy atom. The van der Waals surface area contributed by atoms with E-state index in [9.17, 15) is 26.7 Å². The van der Waals surface area contributed by atoms with Gasteiger partial charge in [0, 0.05) is 6.42 Å². The van der Waals surface area contributed by atoms with Gasteiger partial charge in [-0.1, -0.05) is 24.3 Å². The molecule has 8 heteroatoms. The first kappa shape index (κ1) is 16.0. The molecule has 0 heterocycles. The van der Waals surface area contributed by atoms with Crippen molar-refractivity contribution in [3.63, 3.8) is 0 Å². The largest absolute Gasteiger partial charge is 0.391 e. The van der Waals surface area contributed by atoms with Crippen LogP contribution in [0.4, 0.5) is 13.2 Å². The number of nitrogens with one attached hydrogen (secondary N) is 1. The number of fused-ring (bicyclic) bond motifs is 1. The topological polar surface area (TPSA) is 66.4 Å². The molecule has 2 aromatic rings. The summed E-state index contributed by atoms with van der Waals surface area (Å²) < 4.78 is 66.6. The number of aliphatic hydroxyl groups excluding tert-OH is 1. The van der Waals surface area contributed by atoms with E-state index in [0.29, 0.717) is 17.7 Å². The van der Waals surface area contributed by atoms with Gasteiger partial charge in [-0.2, -0.15) is 0 Å². The molecule has 0 fully saturated rings. The number of hydrogen-bond donors (Lipinski definition) is 2. The maximum absolute atomic E-state index is 13.7. The molecule has 0 amide bonds. The molecule has 0 unspecified atom stereocenters. The fraction of sp³-hybridized carbons (Fsp3) is 0.200. The van der Waals surface area contributed by atoms with Crippen LogP contribution in [0.3, 0.4) is 0 Å². The highest BCUT2D eigenvalue weighted by molar-refractivity contribution is 7.89. The van der Waals surface area contributed by atoms with E-state index in [1.807, 2.05) is 0 Å². The molecule has 1 aliphatic rings. The van der Waals surface area contributed by atoms with Crippen molar-refractivity contribution in [3.05, 3.63) is 65.0 Å². The van der Waals surface area contributed by atoms with Crippen LogP contribution >= 0.6 is 0 Å². The summed E-state index contributed by atoms with van der Waals surface area (Å²) in [5.41, 5.74) is 1.32. The van der Waals surface area contributed by atoms with Crippen molar-refractivity contribution in [2.45, 2.75) is 23.5 Å². The van der Waals surface area contributed by atoms with Gasteiger partial charge in [-0.3, -0.25) is 0 Å². The van der Waals surface area contributed by atoms with E-state index in [4.69, 9.17) is 0 Å². The molecule has 0 aromatic heterocycles. The van der Waals surface area contributed by atoms with Gasteiger partial charge in [0.15, 0.2) is 17.5 Å². The van der Waals surface area contributed by atoms with Gasteiger partial charge >= 0.3 is 0 Å². The highest BCUT2D eigenvalue weighted by Crippen LogP contribution is 2.33. The van der Waals surface area contributed by atoms with E-state index in [1.54, 1.807) is 24.3 Å². The number of hydrogen-bond acceptors (Lipinski definition) is 3. The van der Waals surface area contributed by atoms with Crippen molar-refractivity contribution in [3.8, 4) is 0 Å². The fourth-order valence-corrected chi connectivity index (χ4v) is 3.98. The molecular formula is C15H12F3NO3S. The van der Waals surface area contributed by atoms with Gasteiger partial charge in [0.1, 0.15) is 4.90 Å². The maximum atomic E-state index is 13.7. The SMILES string of the molecule is O=S(=O)(N[C@H]1c2ccccc2C[C@H]1O)c1ccc(F)c(F)c1F. The molecule has 2 N–H and O–H groups in total. The van der Waals surface area contributed by atoms with Crippen molar-refractivity contribution in [1.29, 1.82) is 0 Å². The van der Waals surface area contributed by atoms with Gasteiger partial charge in [-0.05, 0) is 23.3 Å². The summed E-state index contributed by atoms with van der Waals surface area (Å²) in [5.74, 6) is -5.13. The highest BCUT2D eigenvalue weighted by Gasteiger charge is 2.35. The average Bonchev–Trinajstić information content (AvgIpc) is 2.80. The number of benzene rings is 2. The molecule has 2 atom stereocenters. The summed E-state index contributed by atoms with van der Waals surface area (Å²) in [6.07, 6.45) is -0.792. The van der Waals surface area contributed by atoms with Crippen molar-refractivity contribution >= 4 is 10.0 Å². The van der Waals surface area contributed by atoms with Crippen molar-refractivity contribution < 1.29 is 26.7 Å². The Morgan fingerprint density at radius 2 is 1.74 bits per heavy atom. The van der Waals surface area contributed by atoms with E-state index >= 15 is 0 Å². The molecule has 0 saturated carbocycles. The molecule has 1 aliphatic carbocycles. The molecule has 0 bridgehead atoms. The number of aliphatic hydroxyl groups is 1. The Kier molecular flexibility index (Phi) is 3.91. The number of rotatable bonds is 3. The van der Waals surface area contributed by atoms with Crippen LogP contribution in [0.5, 0.6) is 0 Å². The predicted octanol–water partition coefficient (Wildman–Crippen LogP) is 2.04. The lowest BCUT2D eigenvalue weighted by molar-refractivity contribution is 0.151. The summed E-state index contributed by atoms with van der Waals surface area (Å²) >= 11 is 0. The molecule has 4 nitrogen and oxygen atoms in total. The number of sulfonamides is 1. The van der Waals surface area contributed by atoms with E-state index in [0.717, 1.165) is 5.56 Å². The molecule has 0 radical (unpaired) electrons. The summed E-state index contributed by atoms with van der Waals surface area (Å²) in [6.45, 7) is 0. The van der Waals surface area contributed by atoms with Crippen LogP contribution in [0.1, 0.15) is 17.2 Å². The van der Waals surface area contributed by atoms with E-state index in [1.165, 1.54) is 0 Å². The summed E-state index contributed by atoms with van der Waals surface area (Å²) in [6, 6.07) is 7.00. The van der Waals surface area contributed by atoms with Crippen molar-refractivity contribution in [1.82, 2.24) is 4.72 Å². The molecule has 23 heavy (non-hydrogen) atoms. The van der Waals surface area contributed by atoms with Gasteiger partial charge in [-0.25, -0.2) is 26.3 Å². The second-order valence-electron chi connectivity index (χ2n) is 5.24. The third-order valence-corrected chi connectivity index (χ3v) is 5.23. The van der Waals surface area contributed by atoms with Crippen LogP contribution in [0.25, 0.3) is 0 Å². The van der Waals surface area contributed by atoms with Crippen LogP contribution in [0.15, 0.2) is 41.3 Å². The molecule has 0 aliphatic heterocycles. The first-order valence-electron chi connectivity index (χ1n) is 6.73. The smallest absolute Gasteiger partial charge is 0.244 e. The van der Waals surface area contributed by atoms with Crippen LogP contribution in [0.2, 0.25) is 0 Å². The fourth-order valence-electron chi connectivity index (χ4n) is 2.66. The maximum Gasteiger partial charge on any atom is 0.244 e. The monoisotopic (exact) mass is 343 g/mol. The Balaban J connectivity index is 1.98. The number of halogens is 3. The molecule has 0 spiro atoms. The minimum absolute atomic E-state index is 0.240. The summed E-state index contributed by atoms with van der Waals surface area (Å²) in [7, 11) is -4.48. The summed E-state index contributed by atoms with van der Waals surface area (Å²) in [5, 5.41) is 10.0. The molecular weight excluding hydrogens is 331 g/mol. The predicted molar refractivity (Wildman–Crippen MR) is 75.5 cm³/mol. The van der Waals surface area contributed by atoms with E-state index < -0.39 is 44.5 Å². The first-order chi connectivity index (χ1) is 10.8. The molecule has 2 aromatic carbocycles. The molecule has 3 rings (SSSR count). The minimum atomic E-state index is -4.48. The van der Waals surface area contributed by atoms with Gasteiger partial charge in [-0.15, -0.1) is 0 Å². The standard InChI is InChI=1S/C15H12F3NO3S/c16-10-5-6-12(14(18)13(10)17)23(21,22)19-15-9-4-2-1-3-8(9)7-11(15)20/h1-6,11,15,19-20H,7H2/t11-,15+/m1/s1. The first-order valence-corrected chi connectivity index (χ1v) is 8.21. The lowest BCUT2D eigenvalue weighted by Gasteiger charge is -2.18. The minimum Gasteiger partial charge on any atom is -0.391 e. The van der Waals surface area contributed by atoms with Crippen molar-refractivity contribution in [2.24, 2.45) is 0 Å². The molecule has 0 saturated heterocycles. The zero-order valence-electron chi connectivity index (χ0n) is 11.6. The second kappa shape index (κ2) is 5.63. The van der Waals surface area contributed by atoms with Gasteiger partial charge in [0.05, 0.1) is 12.1 Å². The van der Waals surface area contributed by atoms with Crippen LogP contribution in [0, 0.1) is 17.5 Å². The van der Waals surface area contributed by atoms with Gasteiger partial charge < -0.3 is 5.11 Å². The molecule has 122 valence electrons. The third-order valence-electron chi connectivity index (χ3n) is 3.78. The van der Waals surface area contributed by atoms with E-state index in [2.05, 4.69) is 4.72 Å². The van der Waals surface area contributed by atoms with Gasteiger partial charge in [0.2, 0.25) is 10.0 Å².